The van der Waals surface area contributed by atoms with E-state index >= 15 is 0 Å². The largest absolute Gasteiger partial charge is 0.493 e. The highest BCUT2D eigenvalue weighted by atomic mass is 32.2. The Hall–Kier alpha value is -2.81. The summed E-state index contributed by atoms with van der Waals surface area (Å²) in [7, 11) is -6.73. The van der Waals surface area contributed by atoms with Gasteiger partial charge in [0.05, 0.1) is 35.7 Å². The molecule has 190 valence electrons. The van der Waals surface area contributed by atoms with E-state index in [9.17, 15) is 16.8 Å². The Kier molecular flexibility index (Phi) is 7.54. The minimum absolute atomic E-state index is 0.0399. The Morgan fingerprint density at radius 1 is 1.11 bits per heavy atom. The number of nitrogens with one attached hydrogen (secondary N) is 2. The lowest BCUT2D eigenvalue weighted by Crippen LogP contribution is -2.39. The number of hydrogen-bond acceptors (Lipinski definition) is 9. The number of benzene rings is 1. The van der Waals surface area contributed by atoms with Crippen molar-refractivity contribution in [2.45, 2.75) is 44.2 Å². The quantitative estimate of drug-likeness (QED) is 0.330. The molecule has 0 spiro atoms. The van der Waals surface area contributed by atoms with Crippen LogP contribution < -0.4 is 19.9 Å². The first-order valence-electron chi connectivity index (χ1n) is 11.2. The van der Waals surface area contributed by atoms with E-state index in [1.807, 2.05) is 12.1 Å². The van der Waals surface area contributed by atoms with Gasteiger partial charge >= 0.3 is 0 Å². The van der Waals surface area contributed by atoms with Crippen molar-refractivity contribution in [3.05, 3.63) is 36.7 Å². The second-order valence-corrected chi connectivity index (χ2v) is 12.1. The van der Waals surface area contributed by atoms with Crippen molar-refractivity contribution in [2.75, 3.05) is 23.9 Å². The van der Waals surface area contributed by atoms with Gasteiger partial charge in [0.15, 0.2) is 5.82 Å². The normalized spacial score (nSPS) is 19.0. The first-order valence-corrected chi connectivity index (χ1v) is 14.9. The topological polar surface area (TPSA) is 171 Å². The van der Waals surface area contributed by atoms with Crippen molar-refractivity contribution < 1.29 is 21.6 Å². The third-order valence-corrected chi connectivity index (χ3v) is 7.32. The van der Waals surface area contributed by atoms with Crippen LogP contribution in [0.25, 0.3) is 16.7 Å². The van der Waals surface area contributed by atoms with Gasteiger partial charge in [-0.15, -0.1) is 0 Å². The Balaban J connectivity index is 1.43. The van der Waals surface area contributed by atoms with E-state index < -0.39 is 20.0 Å². The summed E-state index contributed by atoms with van der Waals surface area (Å²) in [5.74, 6) is 1.50. The zero-order valence-electron chi connectivity index (χ0n) is 19.3. The van der Waals surface area contributed by atoms with E-state index in [1.165, 1.54) is 6.26 Å². The number of anilines is 1. The number of rotatable bonds is 10. The lowest BCUT2D eigenvalue weighted by molar-refractivity contribution is 0.321. The van der Waals surface area contributed by atoms with Gasteiger partial charge in [0.2, 0.25) is 26.0 Å². The van der Waals surface area contributed by atoms with Crippen LogP contribution in [0.1, 0.15) is 32.1 Å². The Morgan fingerprint density at radius 2 is 1.86 bits per heavy atom. The van der Waals surface area contributed by atoms with Crippen molar-refractivity contribution in [3.8, 4) is 11.6 Å². The lowest BCUT2D eigenvalue weighted by Gasteiger charge is -2.29. The fourth-order valence-electron chi connectivity index (χ4n) is 4.15. The Morgan fingerprint density at radius 3 is 2.57 bits per heavy atom. The standard InChI is InChI=1S/C21H29N7O5S2/c1-34(29,30)27-16-8-6-15(7-9-16)25-21-23-11-10-20(26-21)28-18-4-2-5-19(17(18)14-24-28)33-12-3-13-35(22,31)32/h2,4-5,10-11,14-16,27H,3,6-9,12-13H2,1H3,(H2,22,31,32)(H,23,25,26). The molecule has 1 aliphatic rings. The van der Waals surface area contributed by atoms with Crippen LogP contribution >= 0.6 is 0 Å². The number of primary sulfonamides is 1. The van der Waals surface area contributed by atoms with Crippen LogP contribution in [0.3, 0.4) is 0 Å². The van der Waals surface area contributed by atoms with Crippen LogP contribution in [0.2, 0.25) is 0 Å². The zero-order valence-corrected chi connectivity index (χ0v) is 20.9. The predicted octanol–water partition coefficient (Wildman–Crippen LogP) is 1.15. The molecular formula is C21H29N7O5S2. The van der Waals surface area contributed by atoms with E-state index in [4.69, 9.17) is 9.88 Å². The summed E-state index contributed by atoms with van der Waals surface area (Å²) in [6.45, 7) is 0.213. The third kappa shape index (κ3) is 7.10. The minimum atomic E-state index is -3.52. The third-order valence-electron chi connectivity index (χ3n) is 5.70. The summed E-state index contributed by atoms with van der Waals surface area (Å²) in [5.41, 5.74) is 0.783. The molecule has 1 aromatic carbocycles. The summed E-state index contributed by atoms with van der Waals surface area (Å²) in [4.78, 5) is 8.95. The SMILES string of the molecule is CS(=O)(=O)NC1CCC(Nc2nccc(-n3ncc4c(OCCCS(N)(=O)=O)cccc43)n2)CC1. The van der Waals surface area contributed by atoms with Crippen molar-refractivity contribution in [1.29, 1.82) is 0 Å². The molecule has 0 bridgehead atoms. The molecule has 1 fully saturated rings. The summed E-state index contributed by atoms with van der Waals surface area (Å²) in [6, 6.07) is 7.39. The molecule has 2 aromatic heterocycles. The molecule has 35 heavy (non-hydrogen) atoms. The van der Waals surface area contributed by atoms with E-state index in [1.54, 1.807) is 29.2 Å². The van der Waals surface area contributed by atoms with Crippen LogP contribution in [0.15, 0.2) is 36.7 Å². The molecule has 0 aliphatic heterocycles. The molecule has 1 saturated carbocycles. The predicted molar refractivity (Wildman–Crippen MR) is 132 cm³/mol. The van der Waals surface area contributed by atoms with Gasteiger partial charge in [0.25, 0.3) is 0 Å². The van der Waals surface area contributed by atoms with Crippen molar-refractivity contribution in [3.63, 3.8) is 0 Å². The molecule has 4 rings (SSSR count). The van der Waals surface area contributed by atoms with Crippen LogP contribution in [0.4, 0.5) is 5.95 Å². The first kappa shape index (κ1) is 25.3. The molecule has 0 amide bonds. The highest BCUT2D eigenvalue weighted by molar-refractivity contribution is 7.89. The van der Waals surface area contributed by atoms with Gasteiger partial charge in [-0.05, 0) is 44.2 Å². The summed E-state index contributed by atoms with van der Waals surface area (Å²) in [6.07, 6.45) is 7.89. The number of nitrogens with two attached hydrogens (primary N) is 1. The highest BCUT2D eigenvalue weighted by Gasteiger charge is 2.24. The van der Waals surface area contributed by atoms with E-state index in [0.717, 1.165) is 36.6 Å². The van der Waals surface area contributed by atoms with Crippen LogP contribution in [-0.4, -0.2) is 67.3 Å². The van der Waals surface area contributed by atoms with E-state index in [0.29, 0.717) is 17.5 Å². The molecule has 0 saturated heterocycles. The number of hydrogen-bond donors (Lipinski definition) is 3. The van der Waals surface area contributed by atoms with Gasteiger partial charge < -0.3 is 10.1 Å². The smallest absolute Gasteiger partial charge is 0.224 e. The highest BCUT2D eigenvalue weighted by Crippen LogP contribution is 2.27. The van der Waals surface area contributed by atoms with Crippen molar-refractivity contribution >= 4 is 36.9 Å². The molecule has 4 N–H and O–H groups in total. The average molecular weight is 524 g/mol. The maximum absolute atomic E-state index is 11.4. The van der Waals surface area contributed by atoms with Gasteiger partial charge in [-0.25, -0.2) is 36.4 Å². The number of ether oxygens (including phenoxy) is 1. The summed E-state index contributed by atoms with van der Waals surface area (Å²) >= 11 is 0. The lowest BCUT2D eigenvalue weighted by atomic mass is 9.92. The Labute approximate surface area is 204 Å². The molecule has 0 radical (unpaired) electrons. The molecule has 0 unspecified atom stereocenters. The van der Waals surface area contributed by atoms with E-state index in [-0.39, 0.29) is 30.9 Å². The van der Waals surface area contributed by atoms with Gasteiger partial charge in [-0.3, -0.25) is 0 Å². The van der Waals surface area contributed by atoms with Crippen molar-refractivity contribution in [1.82, 2.24) is 24.5 Å². The number of sulfonamides is 2. The molecule has 12 nitrogen and oxygen atoms in total. The second kappa shape index (κ2) is 10.4. The average Bonchev–Trinajstić information content (AvgIpc) is 3.22. The molecule has 3 aromatic rings. The first-order chi connectivity index (χ1) is 16.6. The van der Waals surface area contributed by atoms with Crippen molar-refractivity contribution in [2.24, 2.45) is 5.14 Å². The molecule has 2 heterocycles. The van der Waals surface area contributed by atoms with Crippen LogP contribution in [0.5, 0.6) is 5.75 Å². The summed E-state index contributed by atoms with van der Waals surface area (Å²) in [5, 5.41) is 13.6. The molecule has 0 atom stereocenters. The van der Waals surface area contributed by atoms with Gasteiger partial charge in [-0.2, -0.15) is 10.1 Å². The Bertz CT molecular complexity index is 1380. The maximum Gasteiger partial charge on any atom is 0.224 e. The number of nitrogens with zero attached hydrogens (tertiary/aromatic N) is 4. The fourth-order valence-corrected chi connectivity index (χ4v) is 5.51. The van der Waals surface area contributed by atoms with Crippen LogP contribution in [0, 0.1) is 0 Å². The van der Waals surface area contributed by atoms with Gasteiger partial charge in [0.1, 0.15) is 5.75 Å². The zero-order chi connectivity index (χ0) is 25.1. The van der Waals surface area contributed by atoms with Crippen LogP contribution in [-0.2, 0) is 20.0 Å². The van der Waals surface area contributed by atoms with Gasteiger partial charge in [-0.1, -0.05) is 6.07 Å². The minimum Gasteiger partial charge on any atom is -0.493 e. The number of fused-ring (bicyclic) bond motifs is 1. The molecule has 14 heteroatoms. The summed E-state index contributed by atoms with van der Waals surface area (Å²) < 4.78 is 55.2. The second-order valence-electron chi connectivity index (χ2n) is 8.64. The maximum atomic E-state index is 11.4. The molecular weight excluding hydrogens is 494 g/mol. The van der Waals surface area contributed by atoms with E-state index in [2.05, 4.69) is 25.1 Å². The monoisotopic (exact) mass is 523 g/mol. The fraction of sp³-hybridized carbons (Fsp3) is 0.476. The van der Waals surface area contributed by atoms with Gasteiger partial charge in [0, 0.05) is 24.3 Å². The number of aromatic nitrogens is 4. The molecule has 1 aliphatic carbocycles.